The van der Waals surface area contributed by atoms with Gasteiger partial charge >= 0.3 is 0 Å². The Balaban J connectivity index is 1.83. The van der Waals surface area contributed by atoms with Gasteiger partial charge in [0.15, 0.2) is 28.8 Å². The van der Waals surface area contributed by atoms with Gasteiger partial charge < -0.3 is 28.8 Å². The Labute approximate surface area is 188 Å². The van der Waals surface area contributed by atoms with Crippen LogP contribution < -0.4 is 23.7 Å². The molecule has 0 amide bonds. The highest BCUT2D eigenvalue weighted by atomic mass is 32.2. The van der Waals surface area contributed by atoms with Crippen molar-refractivity contribution in [3.05, 3.63) is 29.8 Å². The molecule has 10 nitrogen and oxygen atoms in total. The highest BCUT2D eigenvalue weighted by Crippen LogP contribution is 2.42. The highest BCUT2D eigenvalue weighted by molar-refractivity contribution is 7.99. The number of aromatic hydroxyl groups is 1. The molecule has 0 fully saturated rings. The Kier molecular flexibility index (Phi) is 5.99. The molecular weight excluding hydrogens is 436 g/mol. The average molecular weight is 458 g/mol. The summed E-state index contributed by atoms with van der Waals surface area (Å²) in [5, 5.41) is 24.2. The molecule has 32 heavy (non-hydrogen) atoms. The molecule has 0 unspecified atom stereocenters. The zero-order valence-corrected chi connectivity index (χ0v) is 19.0. The van der Waals surface area contributed by atoms with E-state index < -0.39 is 0 Å². The molecule has 0 saturated carbocycles. The van der Waals surface area contributed by atoms with Crippen molar-refractivity contribution in [1.29, 1.82) is 0 Å². The summed E-state index contributed by atoms with van der Waals surface area (Å²) in [6, 6.07) is 7.01. The third kappa shape index (κ3) is 3.64. The second kappa shape index (κ2) is 8.87. The number of hydrogen-bond donors (Lipinski definition) is 1. The lowest BCUT2D eigenvalue weighted by atomic mass is 10.1. The van der Waals surface area contributed by atoms with E-state index in [2.05, 4.69) is 10.2 Å². The monoisotopic (exact) mass is 458 g/mol. The molecule has 168 valence electrons. The van der Waals surface area contributed by atoms with Crippen LogP contribution in [0.2, 0.25) is 0 Å². The summed E-state index contributed by atoms with van der Waals surface area (Å²) in [7, 11) is 7.62. The first-order valence-corrected chi connectivity index (χ1v) is 10.4. The van der Waals surface area contributed by atoms with Gasteiger partial charge in [-0.2, -0.15) is 9.78 Å². The normalized spacial score (nSPS) is 12.6. The molecule has 2 aromatic carbocycles. The topological polar surface area (TPSA) is 109 Å². The van der Waals surface area contributed by atoms with E-state index >= 15 is 0 Å². The number of nitrogens with zero attached hydrogens (tertiary/aromatic N) is 4. The summed E-state index contributed by atoms with van der Waals surface area (Å²) in [4.78, 5) is 0. The number of phenolic OH excluding ortho intramolecular Hbond substituents is 1. The molecular formula is C21H22N4O6S. The standard InChI is InChI=1S/C21H22N4O6S/c1-27-14-6-11(7-15(28-2)18(14)26)13-10-32-21-23-22-20(25(21)24-13)12-8-16(29-3)19(31-5)17(9-12)30-4/h6-9,26H,10H2,1-5H3. The smallest absolute Gasteiger partial charge is 0.212 e. The number of aromatic nitrogens is 3. The molecule has 1 aromatic heterocycles. The van der Waals surface area contributed by atoms with Gasteiger partial charge in [0.2, 0.25) is 16.7 Å². The maximum absolute atomic E-state index is 10.2. The van der Waals surface area contributed by atoms with E-state index in [0.717, 1.165) is 11.3 Å². The van der Waals surface area contributed by atoms with Gasteiger partial charge in [-0.25, -0.2) is 0 Å². The molecule has 2 heterocycles. The first-order valence-electron chi connectivity index (χ1n) is 9.46. The van der Waals surface area contributed by atoms with Gasteiger partial charge in [0.25, 0.3) is 0 Å². The van der Waals surface area contributed by atoms with Gasteiger partial charge in [0, 0.05) is 16.9 Å². The fourth-order valence-electron chi connectivity index (χ4n) is 3.32. The molecule has 0 bridgehead atoms. The molecule has 0 aliphatic carbocycles. The predicted octanol–water partition coefficient (Wildman–Crippen LogP) is 3.05. The molecule has 0 radical (unpaired) electrons. The van der Waals surface area contributed by atoms with Crippen molar-refractivity contribution in [3.63, 3.8) is 0 Å². The highest BCUT2D eigenvalue weighted by Gasteiger charge is 2.24. The van der Waals surface area contributed by atoms with Crippen molar-refractivity contribution < 1.29 is 28.8 Å². The van der Waals surface area contributed by atoms with Crippen LogP contribution in [0.15, 0.2) is 34.5 Å². The number of fused-ring (bicyclic) bond motifs is 1. The number of thioether (sulfide) groups is 1. The molecule has 4 rings (SSSR count). The average Bonchev–Trinajstić information content (AvgIpc) is 3.26. The van der Waals surface area contributed by atoms with Gasteiger partial charge in [-0.1, -0.05) is 11.8 Å². The summed E-state index contributed by atoms with van der Waals surface area (Å²) in [6.45, 7) is 0. The van der Waals surface area contributed by atoms with Crippen LogP contribution in [0.25, 0.3) is 11.4 Å². The van der Waals surface area contributed by atoms with Crippen LogP contribution in [-0.4, -0.2) is 67.0 Å². The van der Waals surface area contributed by atoms with Crippen LogP contribution in [0.1, 0.15) is 5.56 Å². The molecule has 3 aromatic rings. The summed E-state index contributed by atoms with van der Waals surface area (Å²) in [5.41, 5.74) is 2.19. The van der Waals surface area contributed by atoms with Crippen LogP contribution >= 0.6 is 11.8 Å². The Morgan fingerprint density at radius 1 is 0.781 bits per heavy atom. The number of rotatable bonds is 7. The lowest BCUT2D eigenvalue weighted by Crippen LogP contribution is -2.14. The predicted molar refractivity (Wildman–Crippen MR) is 119 cm³/mol. The molecule has 1 aliphatic heterocycles. The van der Waals surface area contributed by atoms with Crippen LogP contribution in [-0.2, 0) is 0 Å². The third-order valence-electron chi connectivity index (χ3n) is 4.91. The maximum Gasteiger partial charge on any atom is 0.212 e. The van der Waals surface area contributed by atoms with E-state index in [1.165, 1.54) is 26.0 Å². The number of hydrogen-bond acceptors (Lipinski definition) is 10. The van der Waals surface area contributed by atoms with Crippen LogP contribution in [0.5, 0.6) is 34.5 Å². The maximum atomic E-state index is 10.2. The van der Waals surface area contributed by atoms with Crippen molar-refractivity contribution in [2.45, 2.75) is 5.16 Å². The van der Waals surface area contributed by atoms with Gasteiger partial charge in [-0.15, -0.1) is 10.2 Å². The summed E-state index contributed by atoms with van der Waals surface area (Å²) >= 11 is 1.49. The van der Waals surface area contributed by atoms with Crippen LogP contribution in [0.3, 0.4) is 0 Å². The van der Waals surface area contributed by atoms with Crippen LogP contribution in [0, 0.1) is 0 Å². The summed E-state index contributed by atoms with van der Waals surface area (Å²) in [5.74, 6) is 3.09. The summed E-state index contributed by atoms with van der Waals surface area (Å²) < 4.78 is 28.5. The minimum atomic E-state index is -0.0640. The quantitative estimate of drug-likeness (QED) is 0.571. The lowest BCUT2D eigenvalue weighted by Gasteiger charge is -2.17. The minimum Gasteiger partial charge on any atom is -0.502 e. The van der Waals surface area contributed by atoms with Crippen molar-refractivity contribution in [2.75, 3.05) is 41.3 Å². The molecule has 0 saturated heterocycles. The Bertz CT molecular complexity index is 1140. The van der Waals surface area contributed by atoms with Gasteiger partial charge in [-0.05, 0) is 24.3 Å². The van der Waals surface area contributed by atoms with E-state index in [4.69, 9.17) is 28.8 Å². The SMILES string of the molecule is COc1cc(C2=Nn3c(nnc3-c3cc(OC)c(OC)c(OC)c3)SC2)cc(OC)c1O. The zero-order valence-electron chi connectivity index (χ0n) is 18.2. The first-order chi connectivity index (χ1) is 15.5. The molecule has 0 spiro atoms. The number of phenols is 1. The van der Waals surface area contributed by atoms with E-state index in [-0.39, 0.29) is 5.75 Å². The number of benzene rings is 2. The molecule has 11 heteroatoms. The fourth-order valence-corrected chi connectivity index (χ4v) is 4.16. The van der Waals surface area contributed by atoms with E-state index in [1.54, 1.807) is 50.3 Å². The van der Waals surface area contributed by atoms with Gasteiger partial charge in [0.1, 0.15) is 0 Å². The Hall–Kier alpha value is -3.60. The summed E-state index contributed by atoms with van der Waals surface area (Å²) in [6.07, 6.45) is 0. The van der Waals surface area contributed by atoms with Gasteiger partial charge in [-0.3, -0.25) is 0 Å². The van der Waals surface area contributed by atoms with Crippen molar-refractivity contribution in [3.8, 4) is 45.9 Å². The van der Waals surface area contributed by atoms with Crippen molar-refractivity contribution in [1.82, 2.24) is 14.9 Å². The van der Waals surface area contributed by atoms with Crippen molar-refractivity contribution in [2.24, 2.45) is 5.10 Å². The van der Waals surface area contributed by atoms with Crippen LogP contribution in [0.4, 0.5) is 0 Å². The van der Waals surface area contributed by atoms with Gasteiger partial charge in [0.05, 0.1) is 41.3 Å². The van der Waals surface area contributed by atoms with Crippen molar-refractivity contribution >= 4 is 17.5 Å². The number of ether oxygens (including phenoxy) is 5. The molecule has 1 aliphatic rings. The number of methoxy groups -OCH3 is 5. The van der Waals surface area contributed by atoms with E-state index in [9.17, 15) is 5.11 Å². The zero-order chi connectivity index (χ0) is 22.8. The first kappa shape index (κ1) is 21.6. The Morgan fingerprint density at radius 2 is 1.34 bits per heavy atom. The second-order valence-corrected chi connectivity index (χ2v) is 7.54. The lowest BCUT2D eigenvalue weighted by molar-refractivity contribution is 0.324. The molecule has 1 N–H and O–H groups in total. The van der Waals surface area contributed by atoms with E-state index in [0.29, 0.717) is 51.0 Å². The largest absolute Gasteiger partial charge is 0.502 e. The second-order valence-electron chi connectivity index (χ2n) is 6.60. The van der Waals surface area contributed by atoms with E-state index in [1.807, 2.05) is 0 Å². The fraction of sp³-hybridized carbons (Fsp3) is 0.286. The Morgan fingerprint density at radius 3 is 1.88 bits per heavy atom. The third-order valence-corrected chi connectivity index (χ3v) is 5.84. The minimum absolute atomic E-state index is 0.0640. The molecule has 0 atom stereocenters.